The molecule has 33 heavy (non-hydrogen) atoms. The Balaban J connectivity index is 1.44. The number of hydrogen-bond donors (Lipinski definition) is 2. The third-order valence-corrected chi connectivity index (χ3v) is 5.00. The largest absolute Gasteiger partial charge is 0.393 e. The second-order valence-electron chi connectivity index (χ2n) is 7.53. The first-order chi connectivity index (χ1) is 15.6. The second kappa shape index (κ2) is 8.41. The van der Waals surface area contributed by atoms with E-state index in [1.165, 1.54) is 36.7 Å². The molecule has 0 aliphatic carbocycles. The fourth-order valence-electron chi connectivity index (χ4n) is 3.36. The van der Waals surface area contributed by atoms with Gasteiger partial charge in [0, 0.05) is 12.6 Å². The third-order valence-electron chi connectivity index (χ3n) is 5.00. The number of nitrogens with one attached hydrogen (secondary N) is 2. The predicted molar refractivity (Wildman–Crippen MR) is 116 cm³/mol. The number of halogens is 3. The van der Waals surface area contributed by atoms with Gasteiger partial charge >= 0.3 is 12.2 Å². The first kappa shape index (κ1) is 22.1. The maximum atomic E-state index is 12.6. The minimum absolute atomic E-state index is 0.0526. The number of aromatic nitrogens is 4. The molecule has 0 atom stereocenters. The number of nitrogens with zero attached hydrogens (tertiary/aromatic N) is 4. The summed E-state index contributed by atoms with van der Waals surface area (Å²) in [6.45, 7) is 1.85. The van der Waals surface area contributed by atoms with Crippen LogP contribution in [0.4, 0.5) is 29.3 Å². The van der Waals surface area contributed by atoms with Crippen molar-refractivity contribution in [3.05, 3.63) is 71.8 Å². The highest BCUT2D eigenvalue weighted by molar-refractivity contribution is 6.05. The molecule has 4 aromatic rings. The van der Waals surface area contributed by atoms with Gasteiger partial charge in [0.2, 0.25) is 0 Å². The van der Waals surface area contributed by atoms with E-state index in [0.29, 0.717) is 11.2 Å². The van der Waals surface area contributed by atoms with Crippen LogP contribution in [0.3, 0.4) is 0 Å². The van der Waals surface area contributed by atoms with E-state index < -0.39 is 24.5 Å². The zero-order chi connectivity index (χ0) is 23.8. The molecule has 0 radical (unpaired) electrons. The summed E-state index contributed by atoms with van der Waals surface area (Å²) >= 11 is 0. The van der Waals surface area contributed by atoms with Crippen molar-refractivity contribution in [2.45, 2.75) is 19.5 Å². The summed E-state index contributed by atoms with van der Waals surface area (Å²) in [7, 11) is 1.85. The molecule has 0 unspecified atom stereocenters. The maximum Gasteiger partial charge on any atom is 0.393 e. The first-order valence-corrected chi connectivity index (χ1v) is 9.84. The van der Waals surface area contributed by atoms with Crippen molar-refractivity contribution in [2.75, 3.05) is 10.6 Å². The van der Waals surface area contributed by atoms with Gasteiger partial charge in [0.05, 0.1) is 42.0 Å². The van der Waals surface area contributed by atoms with Crippen molar-refractivity contribution in [2.24, 2.45) is 7.05 Å². The molecule has 0 saturated carbocycles. The fourth-order valence-corrected chi connectivity index (χ4v) is 3.36. The van der Waals surface area contributed by atoms with Crippen molar-refractivity contribution in [3.8, 4) is 0 Å². The summed E-state index contributed by atoms with van der Waals surface area (Å²) in [6.07, 6.45) is -1.13. The lowest BCUT2D eigenvalue weighted by molar-refractivity contribution is -0.127. The minimum atomic E-state index is -4.32. The number of urea groups is 1. The van der Waals surface area contributed by atoms with Crippen LogP contribution in [-0.2, 0) is 13.5 Å². The number of hydrogen-bond acceptors (Lipinski definition) is 4. The molecule has 0 aliphatic heterocycles. The Bertz CT molecular complexity index is 1340. The zero-order valence-corrected chi connectivity index (χ0v) is 17.6. The van der Waals surface area contributed by atoms with Crippen molar-refractivity contribution >= 4 is 34.3 Å². The quantitative estimate of drug-likeness (QED) is 0.472. The third kappa shape index (κ3) is 4.86. The summed E-state index contributed by atoms with van der Waals surface area (Å²) in [6, 6.07) is 8.35. The van der Waals surface area contributed by atoms with E-state index >= 15 is 0 Å². The number of carbonyl (C=O) groups is 2. The molecular weight excluding hydrogens is 437 g/mol. The molecule has 2 heterocycles. The minimum Gasteiger partial charge on any atom is -0.334 e. The van der Waals surface area contributed by atoms with Gasteiger partial charge in [-0.15, -0.1) is 0 Å². The zero-order valence-electron chi connectivity index (χ0n) is 17.6. The highest BCUT2D eigenvalue weighted by Gasteiger charge is 2.27. The van der Waals surface area contributed by atoms with E-state index in [4.69, 9.17) is 0 Å². The molecule has 2 amide bonds. The molecule has 0 bridgehead atoms. The average molecular weight is 456 g/mol. The molecule has 2 aromatic carbocycles. The van der Waals surface area contributed by atoms with E-state index in [-0.39, 0.29) is 16.8 Å². The Morgan fingerprint density at radius 3 is 2.48 bits per heavy atom. The number of carbonyl (C=O) groups excluding carboxylic acids is 2. The lowest BCUT2D eigenvalue weighted by Crippen LogP contribution is -2.20. The van der Waals surface area contributed by atoms with Gasteiger partial charge in [0.25, 0.3) is 5.91 Å². The number of amides is 2. The number of anilines is 2. The topological polar surface area (TPSA) is 93.8 Å². The molecule has 0 spiro atoms. The summed E-state index contributed by atoms with van der Waals surface area (Å²) in [5.41, 5.74) is 3.38. The van der Waals surface area contributed by atoms with Crippen LogP contribution in [0.1, 0.15) is 21.5 Å². The summed E-state index contributed by atoms with van der Waals surface area (Å²) in [4.78, 5) is 29.4. The van der Waals surface area contributed by atoms with Gasteiger partial charge in [-0.1, -0.05) is 18.2 Å². The van der Waals surface area contributed by atoms with E-state index in [9.17, 15) is 22.8 Å². The Kier molecular flexibility index (Phi) is 5.62. The maximum absolute atomic E-state index is 12.6. The number of fused-ring (bicyclic) bond motifs is 1. The van der Waals surface area contributed by atoms with Crippen LogP contribution in [0.5, 0.6) is 0 Å². The van der Waals surface area contributed by atoms with Crippen molar-refractivity contribution < 1.29 is 22.8 Å². The molecule has 0 saturated heterocycles. The predicted octanol–water partition coefficient (Wildman–Crippen LogP) is 4.52. The Morgan fingerprint density at radius 2 is 1.79 bits per heavy atom. The van der Waals surface area contributed by atoms with E-state index in [0.717, 1.165) is 15.8 Å². The summed E-state index contributed by atoms with van der Waals surface area (Å²) < 4.78 is 40.3. The number of rotatable bonds is 4. The Morgan fingerprint density at radius 1 is 1.06 bits per heavy atom. The molecule has 4 rings (SSSR count). The van der Waals surface area contributed by atoms with Gasteiger partial charge < -0.3 is 15.2 Å². The summed E-state index contributed by atoms with van der Waals surface area (Å²) in [5, 5.41) is 9.31. The number of aryl methyl sites for hydroxylation is 2. The van der Waals surface area contributed by atoms with E-state index in [2.05, 4.69) is 20.7 Å². The average Bonchev–Trinajstić information content (AvgIpc) is 3.36. The molecule has 0 fully saturated rings. The standard InChI is InChI=1S/C22H19F3N6O2/c1-13-3-8-17-19(26-12-30(17)2)18(13)29-21(33)28-16-10-27-31(11-16)20(32)15-6-4-14(5-7-15)9-22(23,24)25/h3-8,10-12H,9H2,1-2H3,(H2,28,29,33). The summed E-state index contributed by atoms with van der Waals surface area (Å²) in [5.74, 6) is -0.545. The molecular formula is C22H19F3N6O2. The molecule has 11 heteroatoms. The number of alkyl halides is 3. The van der Waals surface area contributed by atoms with Gasteiger partial charge in [-0.3, -0.25) is 4.79 Å². The first-order valence-electron chi connectivity index (χ1n) is 9.84. The van der Waals surface area contributed by atoms with Gasteiger partial charge in [-0.25, -0.2) is 14.5 Å². The lowest BCUT2D eigenvalue weighted by Gasteiger charge is -2.10. The Hall–Kier alpha value is -4.15. The van der Waals surface area contributed by atoms with Crippen LogP contribution in [0, 0.1) is 6.92 Å². The van der Waals surface area contributed by atoms with Gasteiger partial charge in [0.1, 0.15) is 5.52 Å². The monoisotopic (exact) mass is 456 g/mol. The number of imidazole rings is 1. The SMILES string of the molecule is Cc1ccc2c(ncn2C)c1NC(=O)Nc1cnn(C(=O)c2ccc(CC(F)(F)F)cc2)c1. The molecule has 170 valence electrons. The van der Waals surface area contributed by atoms with Crippen molar-refractivity contribution in [1.82, 2.24) is 19.3 Å². The highest BCUT2D eigenvalue weighted by Crippen LogP contribution is 2.26. The van der Waals surface area contributed by atoms with Gasteiger partial charge in [0.15, 0.2) is 0 Å². The second-order valence-corrected chi connectivity index (χ2v) is 7.53. The highest BCUT2D eigenvalue weighted by atomic mass is 19.4. The smallest absolute Gasteiger partial charge is 0.334 e. The molecule has 8 nitrogen and oxygen atoms in total. The van der Waals surface area contributed by atoms with Crippen LogP contribution in [-0.4, -0.2) is 37.4 Å². The normalized spacial score (nSPS) is 11.5. The number of benzene rings is 2. The van der Waals surface area contributed by atoms with E-state index in [1.807, 2.05) is 30.7 Å². The molecule has 0 aliphatic rings. The van der Waals surface area contributed by atoms with Crippen LogP contribution in [0.25, 0.3) is 11.0 Å². The Labute approximate surface area is 186 Å². The van der Waals surface area contributed by atoms with Crippen LogP contribution in [0.15, 0.2) is 55.1 Å². The molecule has 2 N–H and O–H groups in total. The van der Waals surface area contributed by atoms with Gasteiger partial charge in [-0.05, 0) is 36.2 Å². The lowest BCUT2D eigenvalue weighted by atomic mass is 10.1. The molecule has 2 aromatic heterocycles. The van der Waals surface area contributed by atoms with E-state index in [1.54, 1.807) is 6.33 Å². The van der Waals surface area contributed by atoms with Crippen molar-refractivity contribution in [1.29, 1.82) is 0 Å². The van der Waals surface area contributed by atoms with Crippen molar-refractivity contribution in [3.63, 3.8) is 0 Å². The van der Waals surface area contributed by atoms with Crippen LogP contribution in [0.2, 0.25) is 0 Å². The fraction of sp³-hybridized carbons (Fsp3) is 0.182. The van der Waals surface area contributed by atoms with Crippen LogP contribution < -0.4 is 10.6 Å². The van der Waals surface area contributed by atoms with Gasteiger partial charge in [-0.2, -0.15) is 18.3 Å². The van der Waals surface area contributed by atoms with Crippen LogP contribution >= 0.6 is 0 Å².